The number of carbonyl (C=O) groups is 2. The van der Waals surface area contributed by atoms with Crippen LogP contribution in [0.4, 0.5) is 5.69 Å². The minimum Gasteiger partial charge on any atom is -0.497 e. The van der Waals surface area contributed by atoms with E-state index in [1.165, 1.54) is 19.2 Å². The van der Waals surface area contributed by atoms with Crippen LogP contribution in [0.2, 0.25) is 0 Å². The highest BCUT2D eigenvalue weighted by molar-refractivity contribution is 7.89. The van der Waals surface area contributed by atoms with Crippen molar-refractivity contribution in [3.8, 4) is 5.75 Å². The van der Waals surface area contributed by atoms with Gasteiger partial charge in [-0.15, -0.1) is 0 Å². The van der Waals surface area contributed by atoms with Crippen molar-refractivity contribution in [1.82, 2.24) is 4.31 Å². The molecule has 2 aromatic carbocycles. The first-order valence-electron chi connectivity index (χ1n) is 11.3. The van der Waals surface area contributed by atoms with Crippen molar-refractivity contribution in [2.45, 2.75) is 57.6 Å². The van der Waals surface area contributed by atoms with Crippen molar-refractivity contribution < 1.29 is 32.4 Å². The monoisotopic (exact) mass is 520 g/mol. The summed E-state index contributed by atoms with van der Waals surface area (Å²) in [6.07, 6.45) is 0.0943. The molecule has 0 amide bonds. The van der Waals surface area contributed by atoms with Gasteiger partial charge in [-0.25, -0.2) is 8.42 Å². The lowest BCUT2D eigenvalue weighted by Crippen LogP contribution is -2.50. The van der Waals surface area contributed by atoms with Gasteiger partial charge in [0.15, 0.2) is 5.78 Å². The Labute approximate surface area is 211 Å². The quantitative estimate of drug-likeness (QED) is 0.186. The summed E-state index contributed by atoms with van der Waals surface area (Å²) in [6.45, 7) is 7.99. The van der Waals surface area contributed by atoms with Gasteiger partial charge < -0.3 is 9.47 Å². The fourth-order valence-electron chi connectivity index (χ4n) is 3.40. The highest BCUT2D eigenvalue weighted by Gasteiger charge is 2.40. The Bertz CT molecular complexity index is 1180. The summed E-state index contributed by atoms with van der Waals surface area (Å²) in [5.41, 5.74) is -0.956. The van der Waals surface area contributed by atoms with E-state index in [1.807, 2.05) is 13.8 Å². The molecule has 0 saturated carbocycles. The number of sulfonamides is 1. The summed E-state index contributed by atoms with van der Waals surface area (Å²) in [4.78, 5) is 36.5. The van der Waals surface area contributed by atoms with Gasteiger partial charge in [0.2, 0.25) is 10.0 Å². The first-order valence-corrected chi connectivity index (χ1v) is 12.8. The van der Waals surface area contributed by atoms with Crippen molar-refractivity contribution in [3.05, 3.63) is 64.2 Å². The second kappa shape index (κ2) is 11.6. The Morgan fingerprint density at radius 3 is 2.03 bits per heavy atom. The topological polar surface area (TPSA) is 133 Å². The zero-order chi connectivity index (χ0) is 27.3. The summed E-state index contributed by atoms with van der Waals surface area (Å²) >= 11 is 0. The van der Waals surface area contributed by atoms with E-state index in [0.29, 0.717) is 5.75 Å². The van der Waals surface area contributed by atoms with Gasteiger partial charge in [-0.05, 0) is 69.5 Å². The van der Waals surface area contributed by atoms with Crippen LogP contribution in [0.5, 0.6) is 5.75 Å². The second-order valence-corrected chi connectivity index (χ2v) is 11.5. The van der Waals surface area contributed by atoms with E-state index in [0.717, 1.165) is 28.6 Å². The van der Waals surface area contributed by atoms with E-state index in [-0.39, 0.29) is 28.5 Å². The Balaban J connectivity index is 2.58. The number of non-ortho nitro benzene ring substituents is 1. The maximum Gasteiger partial charge on any atom is 0.325 e. The summed E-state index contributed by atoms with van der Waals surface area (Å²) in [5.74, 6) is -0.925. The molecule has 0 aromatic heterocycles. The average molecular weight is 521 g/mol. The van der Waals surface area contributed by atoms with Crippen molar-refractivity contribution in [3.63, 3.8) is 0 Å². The molecule has 0 aliphatic carbocycles. The normalized spacial score (nSPS) is 12.9. The van der Waals surface area contributed by atoms with E-state index in [4.69, 9.17) is 9.47 Å². The number of nitro groups is 1. The Kier molecular flexibility index (Phi) is 9.33. The zero-order valence-electron chi connectivity index (χ0n) is 21.3. The van der Waals surface area contributed by atoms with E-state index in [2.05, 4.69) is 0 Å². The first kappa shape index (κ1) is 28.9. The highest BCUT2D eigenvalue weighted by Crippen LogP contribution is 2.26. The molecule has 0 saturated heterocycles. The number of nitrogens with zero attached hydrogens (tertiary/aromatic N) is 2. The number of hydrogen-bond acceptors (Lipinski definition) is 8. The molecule has 0 aliphatic rings. The fourth-order valence-corrected chi connectivity index (χ4v) is 4.94. The Morgan fingerprint density at radius 1 is 1.03 bits per heavy atom. The molecular formula is C25H32N2O8S. The van der Waals surface area contributed by atoms with E-state index in [1.54, 1.807) is 32.9 Å². The molecule has 1 atom stereocenters. The summed E-state index contributed by atoms with van der Waals surface area (Å²) in [7, 11) is -2.96. The molecule has 11 heteroatoms. The third-order valence-corrected chi connectivity index (χ3v) is 6.96. The highest BCUT2D eigenvalue weighted by atomic mass is 32.2. The number of ketones is 1. The number of rotatable bonds is 11. The smallest absolute Gasteiger partial charge is 0.325 e. The maximum absolute atomic E-state index is 13.7. The van der Waals surface area contributed by atoms with Crippen LogP contribution in [0.25, 0.3) is 0 Å². The number of Topliss-reactive ketones (excluding diaryl/α,β-unsaturated/α-hetero) is 1. The number of ether oxygens (including phenoxy) is 2. The third kappa shape index (κ3) is 7.59. The lowest BCUT2D eigenvalue weighted by Gasteiger charge is -2.32. The van der Waals surface area contributed by atoms with Crippen molar-refractivity contribution >= 4 is 27.5 Å². The van der Waals surface area contributed by atoms with Crippen molar-refractivity contribution in [2.75, 3.05) is 13.7 Å². The van der Waals surface area contributed by atoms with Gasteiger partial charge in [0.25, 0.3) is 5.69 Å². The number of carbonyl (C=O) groups excluding carboxylic acids is 2. The summed E-state index contributed by atoms with van der Waals surface area (Å²) in [5, 5.41) is 11.0. The van der Waals surface area contributed by atoms with Crippen LogP contribution < -0.4 is 4.74 Å². The molecule has 36 heavy (non-hydrogen) atoms. The van der Waals surface area contributed by atoms with Crippen LogP contribution in [0, 0.1) is 16.0 Å². The molecule has 2 rings (SSSR count). The minimum atomic E-state index is -4.44. The van der Waals surface area contributed by atoms with E-state index < -0.39 is 44.9 Å². The number of esters is 1. The maximum atomic E-state index is 13.7. The predicted molar refractivity (Wildman–Crippen MR) is 133 cm³/mol. The lowest BCUT2D eigenvalue weighted by atomic mass is 10.0. The van der Waals surface area contributed by atoms with Crippen LogP contribution in [0.1, 0.15) is 51.4 Å². The largest absolute Gasteiger partial charge is 0.497 e. The number of benzene rings is 2. The molecule has 0 N–H and O–H groups in total. The van der Waals surface area contributed by atoms with Crippen LogP contribution in [-0.2, 0) is 19.6 Å². The van der Waals surface area contributed by atoms with Gasteiger partial charge in [0, 0.05) is 17.7 Å². The van der Waals surface area contributed by atoms with Crippen LogP contribution in [0.15, 0.2) is 53.4 Å². The number of methoxy groups -OCH3 is 1. The molecular weight excluding hydrogens is 488 g/mol. The third-order valence-electron chi connectivity index (χ3n) is 5.09. The second-order valence-electron chi connectivity index (χ2n) is 9.63. The Hall–Kier alpha value is -3.31. The van der Waals surface area contributed by atoms with Crippen molar-refractivity contribution in [1.29, 1.82) is 0 Å². The molecule has 0 spiro atoms. The fraction of sp³-hybridized carbons (Fsp3) is 0.440. The lowest BCUT2D eigenvalue weighted by molar-refractivity contribution is -0.384. The van der Waals surface area contributed by atoms with Gasteiger partial charge in [-0.2, -0.15) is 4.31 Å². The number of hydrogen-bond donors (Lipinski definition) is 0. The van der Waals surface area contributed by atoms with E-state index in [9.17, 15) is 28.1 Å². The van der Waals surface area contributed by atoms with E-state index >= 15 is 0 Å². The Morgan fingerprint density at radius 2 is 1.58 bits per heavy atom. The molecule has 0 bridgehead atoms. The average Bonchev–Trinajstić information content (AvgIpc) is 2.79. The zero-order valence-corrected chi connectivity index (χ0v) is 22.1. The standard InChI is InChI=1S/C25H32N2O8S/c1-17(2)15-22(24(29)35-25(3,4)5)26(16-23(28)18-7-11-20(34-6)12-8-18)36(32,33)21-13-9-19(10-14-21)27(30)31/h7-14,17,22H,15-16H2,1-6H3/t22-/m0/s1. The number of nitro benzene ring substituents is 1. The molecule has 0 heterocycles. The van der Waals surface area contributed by atoms with Gasteiger partial charge in [-0.3, -0.25) is 19.7 Å². The summed E-state index contributed by atoms with van der Waals surface area (Å²) in [6, 6.07) is 9.13. The molecule has 0 radical (unpaired) electrons. The van der Waals surface area contributed by atoms with Crippen LogP contribution >= 0.6 is 0 Å². The minimum absolute atomic E-state index is 0.0943. The first-order chi connectivity index (χ1) is 16.7. The van der Waals surface area contributed by atoms with Gasteiger partial charge in [0.1, 0.15) is 17.4 Å². The molecule has 0 unspecified atom stereocenters. The van der Waals surface area contributed by atoms with Gasteiger partial charge >= 0.3 is 5.97 Å². The van der Waals surface area contributed by atoms with Crippen LogP contribution in [0.3, 0.4) is 0 Å². The summed E-state index contributed by atoms with van der Waals surface area (Å²) < 4.78 is 38.9. The van der Waals surface area contributed by atoms with Crippen molar-refractivity contribution in [2.24, 2.45) is 5.92 Å². The van der Waals surface area contributed by atoms with Crippen LogP contribution in [-0.4, -0.2) is 54.7 Å². The molecule has 0 aliphatic heterocycles. The SMILES string of the molecule is COc1ccc(C(=O)CN([C@@H](CC(C)C)C(=O)OC(C)(C)C)S(=O)(=O)c2ccc([N+](=O)[O-])cc2)cc1. The molecule has 196 valence electrons. The van der Waals surface area contributed by atoms with Gasteiger partial charge in [0.05, 0.1) is 23.5 Å². The molecule has 10 nitrogen and oxygen atoms in total. The van der Waals surface area contributed by atoms with Gasteiger partial charge in [-0.1, -0.05) is 13.8 Å². The molecule has 2 aromatic rings. The predicted octanol–water partition coefficient (Wildman–Crippen LogP) is 4.23. The molecule has 0 fully saturated rings.